The molecule has 1 aromatic rings. The quantitative estimate of drug-likeness (QED) is 0.803. The van der Waals surface area contributed by atoms with Crippen LogP contribution in [-0.4, -0.2) is 42.0 Å². The third kappa shape index (κ3) is 3.38. The molecule has 17 heavy (non-hydrogen) atoms. The molecule has 0 amide bonds. The number of hydrogen-bond donors (Lipinski definition) is 1. The van der Waals surface area contributed by atoms with Gasteiger partial charge in [-0.3, -0.25) is 9.69 Å². The summed E-state index contributed by atoms with van der Waals surface area (Å²) < 4.78 is 0. The number of rotatable bonds is 4. The second-order valence-corrected chi connectivity index (χ2v) is 4.72. The van der Waals surface area contributed by atoms with Crippen molar-refractivity contribution in [3.8, 4) is 0 Å². The van der Waals surface area contributed by atoms with Crippen molar-refractivity contribution < 1.29 is 9.90 Å². The molecule has 1 fully saturated rings. The molecule has 1 saturated heterocycles. The Morgan fingerprint density at radius 2 is 2.12 bits per heavy atom. The molecule has 2 rings (SSSR count). The Bertz CT molecular complexity index is 364. The van der Waals surface area contributed by atoms with Crippen LogP contribution < -0.4 is 0 Å². The van der Waals surface area contributed by atoms with E-state index in [4.69, 9.17) is 5.11 Å². The molecule has 3 heteroatoms. The SMILES string of the molecule is O=C(CN1CCC[C@@H](CO)C1)c1ccccc1. The number of piperidine rings is 1. The van der Waals surface area contributed by atoms with E-state index in [-0.39, 0.29) is 12.4 Å². The zero-order chi connectivity index (χ0) is 12.1. The predicted octanol–water partition coefficient (Wildman–Crippen LogP) is 1.57. The standard InChI is InChI=1S/C14H19NO2/c16-11-12-5-4-8-15(9-12)10-14(17)13-6-2-1-3-7-13/h1-3,6-7,12,16H,4-5,8-11H2/t12-/m1/s1. The monoisotopic (exact) mass is 233 g/mol. The van der Waals surface area contributed by atoms with Crippen molar-refractivity contribution >= 4 is 5.78 Å². The van der Waals surface area contributed by atoms with Crippen molar-refractivity contribution in [1.29, 1.82) is 0 Å². The molecule has 92 valence electrons. The number of ketones is 1. The van der Waals surface area contributed by atoms with Crippen molar-refractivity contribution in [2.24, 2.45) is 5.92 Å². The number of aliphatic hydroxyl groups excluding tert-OH is 1. The van der Waals surface area contributed by atoms with Gasteiger partial charge in [-0.2, -0.15) is 0 Å². The highest BCUT2D eigenvalue weighted by Crippen LogP contribution is 2.16. The van der Waals surface area contributed by atoms with E-state index < -0.39 is 0 Å². The highest BCUT2D eigenvalue weighted by atomic mass is 16.3. The topological polar surface area (TPSA) is 40.5 Å². The van der Waals surface area contributed by atoms with Gasteiger partial charge in [0.25, 0.3) is 0 Å². The maximum absolute atomic E-state index is 12.0. The summed E-state index contributed by atoms with van der Waals surface area (Å²) in [5.74, 6) is 0.511. The van der Waals surface area contributed by atoms with E-state index in [2.05, 4.69) is 4.90 Å². The Balaban J connectivity index is 1.90. The Labute approximate surface area is 102 Å². The first kappa shape index (κ1) is 12.3. The first-order valence-corrected chi connectivity index (χ1v) is 6.21. The predicted molar refractivity (Wildman–Crippen MR) is 67.0 cm³/mol. The zero-order valence-corrected chi connectivity index (χ0v) is 10.0. The number of Topliss-reactive ketones (excluding diaryl/α,β-unsaturated/α-hetero) is 1. The van der Waals surface area contributed by atoms with Crippen LogP contribution >= 0.6 is 0 Å². The van der Waals surface area contributed by atoms with Crippen LogP contribution in [0.15, 0.2) is 30.3 Å². The molecule has 1 atom stereocenters. The Morgan fingerprint density at radius 3 is 2.82 bits per heavy atom. The molecule has 0 spiro atoms. The summed E-state index contributed by atoms with van der Waals surface area (Å²) >= 11 is 0. The van der Waals surface area contributed by atoms with Crippen LogP contribution in [0.4, 0.5) is 0 Å². The summed E-state index contributed by atoms with van der Waals surface area (Å²) in [5.41, 5.74) is 0.777. The highest BCUT2D eigenvalue weighted by Gasteiger charge is 2.21. The molecule has 1 aromatic carbocycles. The zero-order valence-electron chi connectivity index (χ0n) is 10.0. The highest BCUT2D eigenvalue weighted by molar-refractivity contribution is 5.97. The van der Waals surface area contributed by atoms with Gasteiger partial charge in [0, 0.05) is 18.7 Å². The second-order valence-electron chi connectivity index (χ2n) is 4.72. The number of carbonyl (C=O) groups is 1. The molecular formula is C14H19NO2. The van der Waals surface area contributed by atoms with Gasteiger partial charge >= 0.3 is 0 Å². The summed E-state index contributed by atoms with van der Waals surface area (Å²) in [4.78, 5) is 14.2. The van der Waals surface area contributed by atoms with Crippen LogP contribution in [0.3, 0.4) is 0 Å². The van der Waals surface area contributed by atoms with Gasteiger partial charge in [-0.1, -0.05) is 30.3 Å². The van der Waals surface area contributed by atoms with E-state index in [1.54, 1.807) is 0 Å². The van der Waals surface area contributed by atoms with E-state index >= 15 is 0 Å². The van der Waals surface area contributed by atoms with Gasteiger partial charge in [-0.25, -0.2) is 0 Å². The van der Waals surface area contributed by atoms with Crippen LogP contribution in [0.2, 0.25) is 0 Å². The third-order valence-electron chi connectivity index (χ3n) is 3.32. The van der Waals surface area contributed by atoms with Crippen LogP contribution in [-0.2, 0) is 0 Å². The molecule has 0 aliphatic carbocycles. The summed E-state index contributed by atoms with van der Waals surface area (Å²) in [6.45, 7) is 2.51. The van der Waals surface area contributed by atoms with Gasteiger partial charge in [0.05, 0.1) is 6.54 Å². The van der Waals surface area contributed by atoms with E-state index in [9.17, 15) is 4.79 Å². The third-order valence-corrected chi connectivity index (χ3v) is 3.32. The number of carbonyl (C=O) groups excluding carboxylic acids is 1. The minimum atomic E-state index is 0.171. The molecule has 0 radical (unpaired) electrons. The summed E-state index contributed by atoms with van der Waals surface area (Å²) in [6, 6.07) is 9.41. The summed E-state index contributed by atoms with van der Waals surface area (Å²) in [6.07, 6.45) is 2.15. The van der Waals surface area contributed by atoms with E-state index in [1.165, 1.54) is 0 Å². The maximum atomic E-state index is 12.0. The summed E-state index contributed by atoms with van der Waals surface area (Å²) in [5, 5.41) is 9.15. The average Bonchev–Trinajstić information content (AvgIpc) is 2.40. The van der Waals surface area contributed by atoms with E-state index in [1.807, 2.05) is 30.3 Å². The van der Waals surface area contributed by atoms with Gasteiger partial charge in [0.1, 0.15) is 0 Å². The molecule has 1 aliphatic rings. The largest absolute Gasteiger partial charge is 0.396 e. The molecule has 1 N–H and O–H groups in total. The van der Waals surface area contributed by atoms with Crippen LogP contribution in [0.25, 0.3) is 0 Å². The fourth-order valence-electron chi connectivity index (χ4n) is 2.36. The molecule has 0 aromatic heterocycles. The van der Waals surface area contributed by atoms with Gasteiger partial charge < -0.3 is 5.11 Å². The Kier molecular flexibility index (Phi) is 4.29. The Hall–Kier alpha value is -1.19. The van der Waals surface area contributed by atoms with E-state index in [0.29, 0.717) is 12.5 Å². The fraction of sp³-hybridized carbons (Fsp3) is 0.500. The normalized spacial score (nSPS) is 21.4. The number of nitrogens with zero attached hydrogens (tertiary/aromatic N) is 1. The number of likely N-dealkylation sites (tertiary alicyclic amines) is 1. The second kappa shape index (κ2) is 5.94. The van der Waals surface area contributed by atoms with Crippen molar-refractivity contribution in [2.45, 2.75) is 12.8 Å². The van der Waals surface area contributed by atoms with Gasteiger partial charge in [-0.05, 0) is 25.3 Å². The van der Waals surface area contributed by atoms with Crippen molar-refractivity contribution in [1.82, 2.24) is 4.90 Å². The van der Waals surface area contributed by atoms with Crippen molar-refractivity contribution in [3.63, 3.8) is 0 Å². The van der Waals surface area contributed by atoms with Gasteiger partial charge in [0.15, 0.2) is 5.78 Å². The van der Waals surface area contributed by atoms with Crippen molar-refractivity contribution in [2.75, 3.05) is 26.2 Å². The Morgan fingerprint density at radius 1 is 1.35 bits per heavy atom. The average molecular weight is 233 g/mol. The lowest BCUT2D eigenvalue weighted by Gasteiger charge is -2.31. The minimum Gasteiger partial charge on any atom is -0.396 e. The molecule has 0 bridgehead atoms. The maximum Gasteiger partial charge on any atom is 0.176 e. The lowest BCUT2D eigenvalue weighted by Crippen LogP contribution is -2.39. The first-order valence-electron chi connectivity index (χ1n) is 6.21. The molecule has 3 nitrogen and oxygen atoms in total. The van der Waals surface area contributed by atoms with Crippen molar-refractivity contribution in [3.05, 3.63) is 35.9 Å². The van der Waals surface area contributed by atoms with Gasteiger partial charge in [-0.15, -0.1) is 0 Å². The smallest absolute Gasteiger partial charge is 0.176 e. The van der Waals surface area contributed by atoms with E-state index in [0.717, 1.165) is 31.5 Å². The summed E-state index contributed by atoms with van der Waals surface area (Å²) in [7, 11) is 0. The molecule has 1 aliphatic heterocycles. The molecule has 1 heterocycles. The lowest BCUT2D eigenvalue weighted by molar-refractivity contribution is 0.0833. The van der Waals surface area contributed by atoms with Gasteiger partial charge in [0.2, 0.25) is 0 Å². The lowest BCUT2D eigenvalue weighted by atomic mass is 9.98. The molecular weight excluding hydrogens is 214 g/mol. The van der Waals surface area contributed by atoms with Crippen LogP contribution in [0.1, 0.15) is 23.2 Å². The minimum absolute atomic E-state index is 0.171. The van der Waals surface area contributed by atoms with Crippen LogP contribution in [0, 0.1) is 5.92 Å². The number of aliphatic hydroxyl groups is 1. The number of benzene rings is 1. The first-order chi connectivity index (χ1) is 8.29. The molecule has 0 unspecified atom stereocenters. The number of hydrogen-bond acceptors (Lipinski definition) is 3. The molecule has 0 saturated carbocycles. The van der Waals surface area contributed by atoms with Crippen LogP contribution in [0.5, 0.6) is 0 Å². The fourth-order valence-corrected chi connectivity index (χ4v) is 2.36.